The van der Waals surface area contributed by atoms with Crippen LogP contribution in [0.2, 0.25) is 10.6 Å². The summed E-state index contributed by atoms with van der Waals surface area (Å²) in [7, 11) is 0. The van der Waals surface area contributed by atoms with Crippen LogP contribution in [0.3, 0.4) is 0 Å². The molecule has 0 aliphatic heterocycles. The predicted molar refractivity (Wildman–Crippen MR) is 303 cm³/mol. The first-order chi connectivity index (χ1) is 37.1. The molecule has 0 amide bonds. The molecule has 406 valence electrons. The van der Waals surface area contributed by atoms with E-state index in [1.165, 1.54) is 41.6 Å². The van der Waals surface area contributed by atoms with E-state index in [0.29, 0.717) is 36.0 Å². The lowest BCUT2D eigenvalue weighted by atomic mass is 9.95. The van der Waals surface area contributed by atoms with Crippen molar-refractivity contribution in [1.29, 1.82) is 5.26 Å². The number of hydrogen-bond donors (Lipinski definition) is 1. The Bertz CT molecular complexity index is 3240. The Labute approximate surface area is 469 Å². The number of nitrogens with one attached hydrogen (secondary N) is 1. The lowest BCUT2D eigenvalue weighted by Crippen LogP contribution is -2.33. The lowest BCUT2D eigenvalue weighted by Gasteiger charge is -2.31. The molecule has 0 saturated heterocycles. The first kappa shape index (κ1) is 59.3. The largest absolute Gasteiger partial charge is 0.369 e. The molecule has 0 unspecified atom stereocenters. The van der Waals surface area contributed by atoms with Crippen LogP contribution < -0.4 is 15.1 Å². The highest BCUT2D eigenvalue weighted by Crippen LogP contribution is 2.26. The van der Waals surface area contributed by atoms with Gasteiger partial charge < -0.3 is 15.1 Å². The van der Waals surface area contributed by atoms with Crippen molar-refractivity contribution in [3.05, 3.63) is 180 Å². The Balaban J connectivity index is 0.000000177. The number of anilines is 3. The smallest absolute Gasteiger partial charge is 0.234 e. The lowest BCUT2D eigenvalue weighted by molar-refractivity contribution is 0.406. The van der Waals surface area contributed by atoms with E-state index < -0.39 is 0 Å². The van der Waals surface area contributed by atoms with E-state index in [9.17, 15) is 4.39 Å². The second-order valence-electron chi connectivity index (χ2n) is 21.3. The molecule has 6 aromatic heterocycles. The third kappa shape index (κ3) is 19.9. The molecular formula is C55H63Cl3FN19. The number of benzene rings is 3. The van der Waals surface area contributed by atoms with Crippen LogP contribution in [0.1, 0.15) is 84.8 Å². The van der Waals surface area contributed by atoms with Gasteiger partial charge in [-0.05, 0) is 105 Å². The van der Waals surface area contributed by atoms with Gasteiger partial charge in [0, 0.05) is 62.8 Å². The number of alkyl halides is 1. The minimum absolute atomic E-state index is 0.0467. The van der Waals surface area contributed by atoms with Crippen LogP contribution in [-0.4, -0.2) is 93.8 Å². The number of aromatic nitrogens is 15. The third-order valence-corrected chi connectivity index (χ3v) is 11.3. The molecule has 3 aromatic carbocycles. The molecular weight excluding hydrogens is 1050 g/mol. The highest BCUT2D eigenvalue weighted by molar-refractivity contribution is 6.28. The predicted octanol–water partition coefficient (Wildman–Crippen LogP) is 11.5. The van der Waals surface area contributed by atoms with Gasteiger partial charge in [-0.2, -0.15) is 20.6 Å². The van der Waals surface area contributed by atoms with Gasteiger partial charge in [0.25, 0.3) is 0 Å². The van der Waals surface area contributed by atoms with Gasteiger partial charge in [-0.3, -0.25) is 0 Å². The van der Waals surface area contributed by atoms with E-state index in [-0.39, 0.29) is 38.5 Å². The molecule has 9 aromatic rings. The topological polar surface area (TPSA) is 212 Å². The Morgan fingerprint density at radius 1 is 0.564 bits per heavy atom. The molecule has 0 aliphatic rings. The van der Waals surface area contributed by atoms with E-state index in [1.54, 1.807) is 64.9 Å². The van der Waals surface area contributed by atoms with Crippen LogP contribution in [0.15, 0.2) is 141 Å². The Morgan fingerprint density at radius 2 is 1.04 bits per heavy atom. The maximum atomic E-state index is 14.7. The highest BCUT2D eigenvalue weighted by Gasteiger charge is 2.21. The minimum atomic E-state index is -0.337. The normalized spacial score (nSPS) is 11.2. The number of hydrogen-bond acceptors (Lipinski definition) is 16. The van der Waals surface area contributed by atoms with Crippen molar-refractivity contribution < 1.29 is 4.39 Å². The fourth-order valence-corrected chi connectivity index (χ4v) is 7.67. The van der Waals surface area contributed by atoms with E-state index in [1.807, 2.05) is 53.4 Å². The summed E-state index contributed by atoms with van der Waals surface area (Å²) in [6.07, 6.45) is 14.2. The van der Waals surface area contributed by atoms with Gasteiger partial charge in [0.1, 0.15) is 67.3 Å². The van der Waals surface area contributed by atoms with Crippen LogP contribution in [0.25, 0.3) is 17.1 Å². The summed E-state index contributed by atoms with van der Waals surface area (Å²) in [6, 6.07) is 28.5. The van der Waals surface area contributed by atoms with Gasteiger partial charge in [0.2, 0.25) is 16.4 Å². The Kier molecular flexibility index (Phi) is 21.2. The van der Waals surface area contributed by atoms with Crippen molar-refractivity contribution in [3.8, 4) is 23.1 Å². The van der Waals surface area contributed by atoms with Crippen molar-refractivity contribution in [2.45, 2.75) is 81.3 Å². The van der Waals surface area contributed by atoms with Gasteiger partial charge in [-0.1, -0.05) is 92.6 Å². The molecule has 19 nitrogen and oxygen atoms in total. The molecule has 6 heterocycles. The second kappa shape index (κ2) is 27.9. The molecule has 0 radical (unpaired) electrons. The summed E-state index contributed by atoms with van der Waals surface area (Å²) in [5, 5.41) is 25.0. The number of nitriles is 1. The first-order valence-electron chi connectivity index (χ1n) is 24.6. The monoisotopic (exact) mass is 1110 g/mol. The van der Waals surface area contributed by atoms with Crippen LogP contribution in [0.4, 0.5) is 21.8 Å². The average Bonchev–Trinajstić information content (AvgIpc) is 4.25. The zero-order valence-corrected chi connectivity index (χ0v) is 47.4. The molecule has 0 aliphatic carbocycles. The molecule has 1 N–H and O–H groups in total. The zero-order chi connectivity index (χ0) is 56.3. The SMILES string of the molecule is CC(C)(C)CN(Cc1ccc(-n2cncn2)cc1)c1ccnc(Cl)n1.CC(C)(C)CN(Cc1ccc(-n2cncn2)cc1F)c1ccnc(C#N)n1.CC(C)(C)CNc1ccnc(Cl)n1.ClCc1ccc(-n2cncn2)cc1. The van der Waals surface area contributed by atoms with E-state index in [4.69, 9.17) is 40.1 Å². The maximum absolute atomic E-state index is 14.7. The van der Waals surface area contributed by atoms with Crippen molar-refractivity contribution in [2.75, 3.05) is 34.8 Å². The van der Waals surface area contributed by atoms with Crippen LogP contribution >= 0.6 is 34.8 Å². The summed E-state index contributed by atoms with van der Waals surface area (Å²) < 4.78 is 19.7. The minimum Gasteiger partial charge on any atom is -0.369 e. The van der Waals surface area contributed by atoms with Gasteiger partial charge in [0.05, 0.1) is 17.1 Å². The number of rotatable bonds is 14. The Hall–Kier alpha value is -7.99. The van der Waals surface area contributed by atoms with Gasteiger partial charge in [-0.25, -0.2) is 63.3 Å². The zero-order valence-electron chi connectivity index (χ0n) is 45.1. The van der Waals surface area contributed by atoms with Crippen LogP contribution in [0.5, 0.6) is 0 Å². The molecule has 0 saturated carbocycles. The summed E-state index contributed by atoms with van der Waals surface area (Å²) in [6.45, 7) is 22.8. The van der Waals surface area contributed by atoms with Crippen molar-refractivity contribution in [3.63, 3.8) is 0 Å². The fraction of sp³-hybridized carbons (Fsp3) is 0.327. The fourth-order valence-electron chi connectivity index (χ4n) is 7.20. The van der Waals surface area contributed by atoms with Gasteiger partial charge in [-0.15, -0.1) is 11.6 Å². The molecule has 0 bridgehead atoms. The van der Waals surface area contributed by atoms with Crippen molar-refractivity contribution >= 4 is 52.3 Å². The standard InChI is InChI=1S/C19H20FN7.C18H21ClN6.C9H8ClN3.C9H14ClN3/c1-19(2,3)11-26(18-6-7-23-17(9-21)25-18)10-14-4-5-15(8-16(14)20)27-13-22-12-24-27;1-18(2,3)11-24(16-8-9-21-17(19)23-16)10-14-4-6-15(7-5-14)25-13-20-12-22-25;10-5-8-1-3-9(4-2-8)13-7-11-6-12-13;1-9(2,3)6-12-7-4-5-11-8(10)13-7/h4-8,12-13H,10-11H2,1-3H3;4-9,12-13H,10-11H2,1-3H3;1-4,6-7H,5H2;4-5H,6H2,1-3H3,(H,11,12,13). The molecule has 9 rings (SSSR count). The highest BCUT2D eigenvalue weighted by atomic mass is 35.5. The van der Waals surface area contributed by atoms with Crippen molar-refractivity contribution in [1.82, 2.24) is 74.2 Å². The molecule has 23 heteroatoms. The molecule has 0 fully saturated rings. The summed E-state index contributed by atoms with van der Waals surface area (Å²) >= 11 is 17.3. The maximum Gasteiger partial charge on any atom is 0.234 e. The quantitative estimate of drug-likeness (QED) is 0.0792. The summed E-state index contributed by atoms with van der Waals surface area (Å²) in [5.41, 5.74) is 5.70. The summed E-state index contributed by atoms with van der Waals surface area (Å²) in [5.74, 6) is 2.49. The number of halogens is 4. The van der Waals surface area contributed by atoms with Crippen molar-refractivity contribution in [2.24, 2.45) is 16.2 Å². The van der Waals surface area contributed by atoms with Gasteiger partial charge >= 0.3 is 0 Å². The molecule has 0 atom stereocenters. The second-order valence-corrected chi connectivity index (χ2v) is 22.2. The Morgan fingerprint density at radius 3 is 1.50 bits per heavy atom. The average molecular weight is 1120 g/mol. The number of nitrogens with zero attached hydrogens (tertiary/aromatic N) is 18. The van der Waals surface area contributed by atoms with Crippen LogP contribution in [-0.2, 0) is 19.0 Å². The van der Waals surface area contributed by atoms with E-state index in [0.717, 1.165) is 48.2 Å². The molecule has 78 heavy (non-hydrogen) atoms. The summed E-state index contributed by atoms with van der Waals surface area (Å²) in [4.78, 5) is 40.2. The third-order valence-electron chi connectivity index (χ3n) is 10.6. The first-order valence-corrected chi connectivity index (χ1v) is 25.9. The van der Waals surface area contributed by atoms with E-state index >= 15 is 0 Å². The van der Waals surface area contributed by atoms with Crippen LogP contribution in [0, 0.1) is 33.4 Å². The van der Waals surface area contributed by atoms with Gasteiger partial charge in [0.15, 0.2) is 0 Å². The molecule has 0 spiro atoms. The van der Waals surface area contributed by atoms with E-state index in [2.05, 4.69) is 145 Å².